The van der Waals surface area contributed by atoms with Gasteiger partial charge in [0.1, 0.15) is 0 Å². The molecule has 88 valence electrons. The quantitative estimate of drug-likeness (QED) is 0.763. The van der Waals surface area contributed by atoms with Crippen LogP contribution in [-0.4, -0.2) is 37.6 Å². The summed E-state index contributed by atoms with van der Waals surface area (Å²) in [7, 11) is 2.27. The molecule has 0 aromatic carbocycles. The summed E-state index contributed by atoms with van der Waals surface area (Å²) in [6, 6.07) is 0.779. The fourth-order valence-electron chi connectivity index (χ4n) is 3.54. The number of likely N-dealkylation sites (N-methyl/N-ethyl adjacent to an activating group) is 1. The van der Waals surface area contributed by atoms with E-state index in [9.17, 15) is 0 Å². The van der Waals surface area contributed by atoms with Crippen molar-refractivity contribution in [1.29, 1.82) is 0 Å². The van der Waals surface area contributed by atoms with Gasteiger partial charge in [-0.1, -0.05) is 20.3 Å². The molecular weight excluding hydrogens is 184 g/mol. The fraction of sp³-hybridized carbons (Fsp3) is 1.00. The van der Waals surface area contributed by atoms with Gasteiger partial charge in [-0.25, -0.2) is 0 Å². The molecule has 2 fully saturated rings. The molecule has 15 heavy (non-hydrogen) atoms. The van der Waals surface area contributed by atoms with E-state index in [1.165, 1.54) is 38.9 Å². The highest BCUT2D eigenvalue weighted by atomic mass is 15.1. The maximum Gasteiger partial charge on any atom is 0.0226 e. The highest BCUT2D eigenvalue weighted by Crippen LogP contribution is 2.37. The third kappa shape index (κ3) is 2.73. The number of fused-ring (bicyclic) bond motifs is 1. The van der Waals surface area contributed by atoms with Gasteiger partial charge >= 0.3 is 0 Å². The lowest BCUT2D eigenvalue weighted by atomic mass is 9.94. The highest BCUT2D eigenvalue weighted by Gasteiger charge is 2.38. The van der Waals surface area contributed by atoms with Crippen LogP contribution >= 0.6 is 0 Å². The molecule has 1 aliphatic carbocycles. The van der Waals surface area contributed by atoms with Crippen LogP contribution in [0.5, 0.6) is 0 Å². The Morgan fingerprint density at radius 2 is 2.13 bits per heavy atom. The van der Waals surface area contributed by atoms with Crippen LogP contribution in [0, 0.1) is 17.8 Å². The smallest absolute Gasteiger partial charge is 0.0226 e. The van der Waals surface area contributed by atoms with Gasteiger partial charge < -0.3 is 10.2 Å². The molecular formula is C13H26N2. The first-order valence-electron chi connectivity index (χ1n) is 6.58. The van der Waals surface area contributed by atoms with E-state index in [0.717, 1.165) is 23.8 Å². The van der Waals surface area contributed by atoms with E-state index in [1.807, 2.05) is 0 Å². The summed E-state index contributed by atoms with van der Waals surface area (Å²) < 4.78 is 0. The van der Waals surface area contributed by atoms with Gasteiger partial charge in [0.2, 0.25) is 0 Å². The first-order chi connectivity index (χ1) is 7.16. The molecule has 0 radical (unpaired) electrons. The number of nitrogens with one attached hydrogen (secondary N) is 1. The Labute approximate surface area is 94.4 Å². The minimum absolute atomic E-state index is 0.779. The van der Waals surface area contributed by atoms with E-state index in [1.54, 1.807) is 0 Å². The van der Waals surface area contributed by atoms with Crippen molar-refractivity contribution in [3.05, 3.63) is 0 Å². The van der Waals surface area contributed by atoms with Gasteiger partial charge in [0.25, 0.3) is 0 Å². The van der Waals surface area contributed by atoms with E-state index in [-0.39, 0.29) is 0 Å². The topological polar surface area (TPSA) is 15.3 Å². The Morgan fingerprint density at radius 1 is 1.33 bits per heavy atom. The average molecular weight is 210 g/mol. The third-order valence-electron chi connectivity index (χ3n) is 4.06. The Hall–Kier alpha value is -0.0800. The molecule has 3 atom stereocenters. The molecule has 1 saturated carbocycles. The molecule has 2 rings (SSSR count). The Morgan fingerprint density at radius 3 is 2.87 bits per heavy atom. The minimum atomic E-state index is 0.779. The first-order valence-corrected chi connectivity index (χ1v) is 6.58. The lowest BCUT2D eigenvalue weighted by molar-refractivity contribution is 0.243. The number of nitrogens with zero attached hydrogens (tertiary/aromatic N) is 1. The van der Waals surface area contributed by atoms with Gasteiger partial charge in [0, 0.05) is 19.1 Å². The van der Waals surface area contributed by atoms with E-state index in [4.69, 9.17) is 0 Å². The van der Waals surface area contributed by atoms with Gasteiger partial charge in [-0.3, -0.25) is 0 Å². The lowest BCUT2D eigenvalue weighted by Crippen LogP contribution is -2.40. The molecule has 0 aromatic rings. The summed E-state index contributed by atoms with van der Waals surface area (Å²) in [5, 5.41) is 3.72. The van der Waals surface area contributed by atoms with E-state index >= 15 is 0 Å². The molecule has 1 saturated heterocycles. The zero-order chi connectivity index (χ0) is 10.8. The van der Waals surface area contributed by atoms with Crippen LogP contribution in [0.2, 0.25) is 0 Å². The van der Waals surface area contributed by atoms with Crippen LogP contribution in [0.15, 0.2) is 0 Å². The maximum atomic E-state index is 3.72. The van der Waals surface area contributed by atoms with Gasteiger partial charge in [0.05, 0.1) is 0 Å². The number of hydrogen-bond donors (Lipinski definition) is 1. The van der Waals surface area contributed by atoms with E-state index < -0.39 is 0 Å². The van der Waals surface area contributed by atoms with Crippen molar-refractivity contribution in [1.82, 2.24) is 10.2 Å². The largest absolute Gasteiger partial charge is 0.312 e. The number of rotatable bonds is 4. The summed E-state index contributed by atoms with van der Waals surface area (Å²) in [5.41, 5.74) is 0. The molecule has 0 amide bonds. The Balaban J connectivity index is 1.79. The third-order valence-corrected chi connectivity index (χ3v) is 4.06. The fourth-order valence-corrected chi connectivity index (χ4v) is 3.54. The summed E-state index contributed by atoms with van der Waals surface area (Å²) in [5.74, 6) is 2.78. The second-order valence-corrected chi connectivity index (χ2v) is 5.98. The van der Waals surface area contributed by atoms with Gasteiger partial charge in [-0.2, -0.15) is 0 Å². The second-order valence-electron chi connectivity index (χ2n) is 5.98. The molecule has 1 heterocycles. The highest BCUT2D eigenvalue weighted by molar-refractivity contribution is 4.95. The zero-order valence-corrected chi connectivity index (χ0v) is 10.5. The SMILES string of the molecule is CC(C)CN(C)CC1NCC2CCCC21. The second kappa shape index (κ2) is 4.84. The van der Waals surface area contributed by atoms with Crippen molar-refractivity contribution in [2.24, 2.45) is 17.8 Å². The summed E-state index contributed by atoms with van der Waals surface area (Å²) in [4.78, 5) is 2.50. The molecule has 2 nitrogen and oxygen atoms in total. The van der Waals surface area contributed by atoms with Gasteiger partial charge in [-0.05, 0) is 44.2 Å². The van der Waals surface area contributed by atoms with Crippen LogP contribution in [0.1, 0.15) is 33.1 Å². The summed E-state index contributed by atoms with van der Waals surface area (Å²) in [6.45, 7) is 8.37. The molecule has 3 unspecified atom stereocenters. The zero-order valence-electron chi connectivity index (χ0n) is 10.5. The van der Waals surface area contributed by atoms with Crippen molar-refractivity contribution in [3.63, 3.8) is 0 Å². The maximum absolute atomic E-state index is 3.72. The lowest BCUT2D eigenvalue weighted by Gasteiger charge is -2.26. The first kappa shape index (κ1) is 11.4. The normalized spacial score (nSPS) is 35.4. The molecule has 1 aliphatic heterocycles. The molecule has 2 aliphatic rings. The van der Waals surface area contributed by atoms with Crippen molar-refractivity contribution in [2.45, 2.75) is 39.2 Å². The average Bonchev–Trinajstić information content (AvgIpc) is 2.68. The molecule has 0 bridgehead atoms. The summed E-state index contributed by atoms with van der Waals surface area (Å²) in [6.07, 6.45) is 4.42. The van der Waals surface area contributed by atoms with E-state index in [0.29, 0.717) is 0 Å². The monoisotopic (exact) mass is 210 g/mol. The standard InChI is InChI=1S/C13H26N2/c1-10(2)8-15(3)9-13-12-6-4-5-11(12)7-14-13/h10-14H,4-9H2,1-3H3. The van der Waals surface area contributed by atoms with Crippen LogP contribution < -0.4 is 5.32 Å². The van der Waals surface area contributed by atoms with Gasteiger partial charge in [-0.15, -0.1) is 0 Å². The molecule has 0 aromatic heterocycles. The Kier molecular flexibility index (Phi) is 3.68. The van der Waals surface area contributed by atoms with Crippen molar-refractivity contribution < 1.29 is 0 Å². The van der Waals surface area contributed by atoms with Crippen LogP contribution in [0.4, 0.5) is 0 Å². The molecule has 0 spiro atoms. The van der Waals surface area contributed by atoms with Crippen molar-refractivity contribution >= 4 is 0 Å². The van der Waals surface area contributed by atoms with Crippen molar-refractivity contribution in [3.8, 4) is 0 Å². The molecule has 1 N–H and O–H groups in total. The molecule has 2 heteroatoms. The predicted octanol–water partition coefficient (Wildman–Crippen LogP) is 1.96. The van der Waals surface area contributed by atoms with Crippen LogP contribution in [0.3, 0.4) is 0 Å². The van der Waals surface area contributed by atoms with Crippen LogP contribution in [0.25, 0.3) is 0 Å². The minimum Gasteiger partial charge on any atom is -0.312 e. The predicted molar refractivity (Wildman–Crippen MR) is 65.0 cm³/mol. The number of hydrogen-bond acceptors (Lipinski definition) is 2. The van der Waals surface area contributed by atoms with Crippen molar-refractivity contribution in [2.75, 3.05) is 26.7 Å². The van der Waals surface area contributed by atoms with Gasteiger partial charge in [0.15, 0.2) is 0 Å². The van der Waals surface area contributed by atoms with Crippen LogP contribution in [-0.2, 0) is 0 Å². The Bertz CT molecular complexity index is 203. The van der Waals surface area contributed by atoms with E-state index in [2.05, 4.69) is 31.1 Å². The summed E-state index contributed by atoms with van der Waals surface area (Å²) >= 11 is 0.